The number of rotatable bonds is 19. The van der Waals surface area contributed by atoms with E-state index in [0.717, 1.165) is 35.7 Å². The van der Waals surface area contributed by atoms with Crippen LogP contribution in [0.25, 0.3) is 0 Å². The molecule has 0 aliphatic rings. The molecule has 1 heterocycles. The van der Waals surface area contributed by atoms with E-state index in [-0.39, 0.29) is 24.2 Å². The molecule has 1 unspecified atom stereocenters. The zero-order valence-corrected chi connectivity index (χ0v) is 27.4. The molecule has 13 heteroatoms. The largest absolute Gasteiger partial charge is 0.458 e. The predicted molar refractivity (Wildman–Crippen MR) is 173 cm³/mol. The van der Waals surface area contributed by atoms with Crippen LogP contribution < -0.4 is 16.4 Å². The smallest absolute Gasteiger partial charge is 0.330 e. The van der Waals surface area contributed by atoms with Crippen molar-refractivity contribution in [3.05, 3.63) is 89.0 Å². The molecule has 3 aromatic rings. The van der Waals surface area contributed by atoms with Crippen LogP contribution in [0.5, 0.6) is 0 Å². The lowest BCUT2D eigenvalue weighted by Crippen LogP contribution is -2.52. The molecule has 0 aliphatic carbocycles. The van der Waals surface area contributed by atoms with E-state index in [2.05, 4.69) is 20.6 Å². The van der Waals surface area contributed by atoms with Crippen molar-refractivity contribution in [2.24, 2.45) is 5.73 Å². The number of carbonyl (C=O) groups excluding carboxylic acids is 2. The maximum atomic E-state index is 13.9. The summed E-state index contributed by atoms with van der Waals surface area (Å²) in [6, 6.07) is 8.48. The number of carbonyl (C=O) groups is 2. The number of hydrogen-bond donors (Lipinski definition) is 4. The van der Waals surface area contributed by atoms with Crippen molar-refractivity contribution in [1.29, 1.82) is 0 Å². The summed E-state index contributed by atoms with van der Waals surface area (Å²) >= 11 is 0. The number of H-pyrrole nitrogens is 1. The highest BCUT2D eigenvalue weighted by Crippen LogP contribution is 2.18. The zero-order chi connectivity index (χ0) is 33.7. The quantitative estimate of drug-likeness (QED) is 0.141. The maximum absolute atomic E-state index is 13.9. The first-order valence-corrected chi connectivity index (χ1v) is 17.4. The average Bonchev–Trinajstić information content (AvgIpc) is 3.55. The van der Waals surface area contributed by atoms with Crippen molar-refractivity contribution in [3.63, 3.8) is 0 Å². The molecule has 10 nitrogen and oxygen atoms in total. The molecule has 0 spiro atoms. The van der Waals surface area contributed by atoms with Crippen molar-refractivity contribution >= 4 is 21.7 Å². The lowest BCUT2D eigenvalue weighted by Gasteiger charge is -2.28. The molecule has 0 radical (unpaired) electrons. The monoisotopic (exact) mass is 661 g/mol. The van der Waals surface area contributed by atoms with Gasteiger partial charge in [-0.15, -0.1) is 0 Å². The Bertz CT molecular complexity index is 1490. The van der Waals surface area contributed by atoms with E-state index in [1.165, 1.54) is 12.5 Å². The van der Waals surface area contributed by atoms with E-state index in [1.807, 2.05) is 45.0 Å². The molecule has 5 N–H and O–H groups in total. The second-order valence-electron chi connectivity index (χ2n) is 11.4. The third-order valence-corrected chi connectivity index (χ3v) is 9.96. The molecule has 1 amide bonds. The molecule has 3 atom stereocenters. The van der Waals surface area contributed by atoms with Crippen LogP contribution in [-0.4, -0.2) is 66.0 Å². The molecule has 0 saturated heterocycles. The first kappa shape index (κ1) is 36.8. The van der Waals surface area contributed by atoms with Gasteiger partial charge in [-0.3, -0.25) is 4.79 Å². The van der Waals surface area contributed by atoms with Crippen LogP contribution in [0, 0.1) is 11.6 Å². The Morgan fingerprint density at radius 1 is 1.00 bits per heavy atom. The van der Waals surface area contributed by atoms with Gasteiger partial charge in [0.1, 0.15) is 29.5 Å². The fraction of sp³-hybridized carbons (Fsp3) is 0.485. The number of halogens is 2. The van der Waals surface area contributed by atoms with Gasteiger partial charge in [0.25, 0.3) is 5.91 Å². The second-order valence-corrected chi connectivity index (χ2v) is 13.8. The van der Waals surface area contributed by atoms with Crippen molar-refractivity contribution in [2.75, 3.05) is 12.3 Å². The van der Waals surface area contributed by atoms with Gasteiger partial charge < -0.3 is 26.1 Å². The highest BCUT2D eigenvalue weighted by atomic mass is 32.2. The summed E-state index contributed by atoms with van der Waals surface area (Å²) in [7, 11) is -3.85. The van der Waals surface area contributed by atoms with Crippen LogP contribution in [-0.2, 0) is 38.8 Å². The Balaban J connectivity index is 1.86. The van der Waals surface area contributed by atoms with E-state index >= 15 is 0 Å². The van der Waals surface area contributed by atoms with E-state index in [4.69, 9.17) is 10.5 Å². The zero-order valence-electron chi connectivity index (χ0n) is 26.6. The van der Waals surface area contributed by atoms with Gasteiger partial charge in [0, 0.05) is 25.2 Å². The molecule has 252 valence electrons. The molecular formula is C33H45F2N5O5S. The van der Waals surface area contributed by atoms with Crippen molar-refractivity contribution < 1.29 is 31.5 Å². The third kappa shape index (κ3) is 11.3. The molecule has 46 heavy (non-hydrogen) atoms. The molecular weight excluding hydrogens is 616 g/mol. The van der Waals surface area contributed by atoms with Crippen LogP contribution in [0.15, 0.2) is 55.0 Å². The minimum Gasteiger partial charge on any atom is -0.458 e. The molecule has 0 bridgehead atoms. The Morgan fingerprint density at radius 2 is 1.67 bits per heavy atom. The van der Waals surface area contributed by atoms with Gasteiger partial charge in [0.2, 0.25) is 0 Å². The summed E-state index contributed by atoms with van der Waals surface area (Å²) in [6.45, 7) is 6.26. The lowest BCUT2D eigenvalue weighted by atomic mass is 10.0. The second kappa shape index (κ2) is 17.9. The van der Waals surface area contributed by atoms with Crippen LogP contribution in [0.1, 0.15) is 73.6 Å². The fourth-order valence-corrected chi connectivity index (χ4v) is 7.41. The van der Waals surface area contributed by atoms with E-state index < -0.39 is 62.5 Å². The van der Waals surface area contributed by atoms with Crippen LogP contribution in [0.3, 0.4) is 0 Å². The Morgan fingerprint density at radius 3 is 2.28 bits per heavy atom. The predicted octanol–water partition coefficient (Wildman–Crippen LogP) is 4.00. The van der Waals surface area contributed by atoms with Gasteiger partial charge in [-0.1, -0.05) is 57.9 Å². The van der Waals surface area contributed by atoms with Gasteiger partial charge in [0.15, 0.2) is 9.84 Å². The molecule has 0 saturated carbocycles. The standard InChI is InChI=1S/C33H45F2N5O5S/c1-4-8-27(9-5-2)46(43,44)20-30(40-32(41)29-18-38-21-39-29)33(42)45-31(19-37-17-23-11-7-10-22(6-3)12-23)28(36)15-24-13-25(34)16-26(35)14-24/h7,10-14,16,18,21,27-28,30-31,37H,4-6,8-9,15,17,19-20,36H2,1-3H3,(H,38,39)(H,40,41)/t28-,30?,31+/m0/s1. The Hall–Kier alpha value is -3.68. The van der Waals surface area contributed by atoms with Gasteiger partial charge in [-0.25, -0.2) is 27.0 Å². The normalized spacial score (nSPS) is 13.7. The Kier molecular flexibility index (Phi) is 14.3. The number of nitrogens with zero attached hydrogens (tertiary/aromatic N) is 1. The number of nitrogens with one attached hydrogen (secondary N) is 3. The van der Waals surface area contributed by atoms with Gasteiger partial charge in [-0.2, -0.15) is 0 Å². The number of benzene rings is 2. The molecule has 3 rings (SSSR count). The number of amides is 1. The van der Waals surface area contributed by atoms with Crippen LogP contribution >= 0.6 is 0 Å². The topological polar surface area (TPSA) is 156 Å². The summed E-state index contributed by atoms with van der Waals surface area (Å²) in [4.78, 5) is 33.1. The number of aromatic nitrogens is 2. The summed E-state index contributed by atoms with van der Waals surface area (Å²) in [6.07, 6.45) is 4.37. The highest BCUT2D eigenvalue weighted by molar-refractivity contribution is 7.92. The number of aromatic amines is 1. The number of aryl methyl sites for hydroxylation is 1. The van der Waals surface area contributed by atoms with E-state index in [1.54, 1.807) is 0 Å². The SMILES string of the molecule is CCCC(CCC)S(=O)(=O)CC(NC(=O)c1cnc[nH]1)C(=O)O[C@H](CNCc1cccc(CC)c1)[C@@H](N)Cc1cc(F)cc(F)c1. The van der Waals surface area contributed by atoms with Crippen molar-refractivity contribution in [3.8, 4) is 0 Å². The number of sulfone groups is 1. The molecule has 0 aliphatic heterocycles. The van der Waals surface area contributed by atoms with Gasteiger partial charge in [-0.05, 0) is 54.5 Å². The first-order valence-electron chi connectivity index (χ1n) is 15.7. The summed E-state index contributed by atoms with van der Waals surface area (Å²) in [5.41, 5.74) is 8.90. The van der Waals surface area contributed by atoms with Gasteiger partial charge >= 0.3 is 5.97 Å². The minimum absolute atomic E-state index is 0.0335. The minimum atomic E-state index is -3.85. The van der Waals surface area contributed by atoms with Crippen LogP contribution in [0.4, 0.5) is 8.78 Å². The summed E-state index contributed by atoms with van der Waals surface area (Å²) in [5, 5.41) is 5.03. The Labute approximate surface area is 269 Å². The number of esters is 1. The van der Waals surface area contributed by atoms with E-state index in [0.29, 0.717) is 32.2 Å². The maximum Gasteiger partial charge on any atom is 0.330 e. The summed E-state index contributed by atoms with van der Waals surface area (Å²) in [5.74, 6) is -3.95. The van der Waals surface area contributed by atoms with Crippen molar-refractivity contribution in [1.82, 2.24) is 20.6 Å². The molecule has 1 aromatic heterocycles. The number of nitrogens with two attached hydrogens (primary N) is 1. The third-order valence-electron chi connectivity index (χ3n) is 7.67. The molecule has 0 fully saturated rings. The summed E-state index contributed by atoms with van der Waals surface area (Å²) < 4.78 is 60.7. The van der Waals surface area contributed by atoms with E-state index in [9.17, 15) is 26.8 Å². The van der Waals surface area contributed by atoms with Gasteiger partial charge in [0.05, 0.1) is 23.5 Å². The average molecular weight is 662 g/mol. The lowest BCUT2D eigenvalue weighted by molar-refractivity contribution is -0.151. The number of ether oxygens (including phenoxy) is 1. The molecule has 2 aromatic carbocycles. The fourth-order valence-electron chi connectivity index (χ4n) is 5.26. The van der Waals surface area contributed by atoms with Crippen molar-refractivity contribution in [2.45, 2.75) is 89.3 Å². The number of hydrogen-bond acceptors (Lipinski definition) is 8. The highest BCUT2D eigenvalue weighted by Gasteiger charge is 2.35. The number of imidazole rings is 1. The first-order chi connectivity index (χ1) is 21.9. The van der Waals surface area contributed by atoms with Crippen LogP contribution in [0.2, 0.25) is 0 Å².